The van der Waals surface area contributed by atoms with Gasteiger partial charge in [0.2, 0.25) is 0 Å². The average Bonchev–Trinajstić information content (AvgIpc) is 2.74. The van der Waals surface area contributed by atoms with Crippen LogP contribution in [0.1, 0.15) is 57.9 Å². The van der Waals surface area contributed by atoms with Crippen molar-refractivity contribution in [2.24, 2.45) is 5.73 Å². The fourth-order valence-corrected chi connectivity index (χ4v) is 3.49. The van der Waals surface area contributed by atoms with Crippen LogP contribution in [-0.4, -0.2) is 18.6 Å². The largest absolute Gasteiger partial charge is 0.368 e. The molecule has 0 aliphatic carbocycles. The van der Waals surface area contributed by atoms with Crippen molar-refractivity contribution in [3.63, 3.8) is 0 Å². The van der Waals surface area contributed by atoms with Gasteiger partial charge < -0.3 is 10.6 Å². The van der Waals surface area contributed by atoms with E-state index in [4.69, 9.17) is 17.3 Å². The smallest absolute Gasteiger partial charge is 0.0426 e. The van der Waals surface area contributed by atoms with Gasteiger partial charge >= 0.3 is 0 Å². The molecule has 1 aliphatic rings. The second-order valence-electron chi connectivity index (χ2n) is 6.25. The molecule has 1 aromatic carbocycles. The van der Waals surface area contributed by atoms with E-state index < -0.39 is 0 Å². The maximum absolute atomic E-state index is 6.28. The van der Waals surface area contributed by atoms with E-state index in [1.165, 1.54) is 43.4 Å². The monoisotopic (exact) mass is 308 g/mol. The summed E-state index contributed by atoms with van der Waals surface area (Å²) in [4.78, 5) is 2.59. The number of benzene rings is 1. The zero-order chi connectivity index (χ0) is 15.2. The molecule has 2 unspecified atom stereocenters. The maximum Gasteiger partial charge on any atom is 0.0426 e. The van der Waals surface area contributed by atoms with Crippen molar-refractivity contribution in [1.82, 2.24) is 0 Å². The van der Waals surface area contributed by atoms with Crippen molar-refractivity contribution >= 4 is 17.3 Å². The van der Waals surface area contributed by atoms with Crippen LogP contribution < -0.4 is 10.6 Å². The Morgan fingerprint density at radius 3 is 2.81 bits per heavy atom. The van der Waals surface area contributed by atoms with Crippen LogP contribution in [-0.2, 0) is 6.42 Å². The third-order valence-corrected chi connectivity index (χ3v) is 4.95. The lowest BCUT2D eigenvalue weighted by molar-refractivity contribution is 0.553. The van der Waals surface area contributed by atoms with Crippen LogP contribution in [0.15, 0.2) is 18.2 Å². The van der Waals surface area contributed by atoms with Crippen LogP contribution in [0, 0.1) is 0 Å². The second-order valence-corrected chi connectivity index (χ2v) is 6.69. The van der Waals surface area contributed by atoms with E-state index in [0.29, 0.717) is 6.04 Å². The van der Waals surface area contributed by atoms with Crippen LogP contribution in [0.25, 0.3) is 0 Å². The Bertz CT molecular complexity index is 447. The van der Waals surface area contributed by atoms with Crippen molar-refractivity contribution in [2.45, 2.75) is 70.9 Å². The quantitative estimate of drug-likeness (QED) is 0.848. The van der Waals surface area contributed by atoms with Gasteiger partial charge in [-0.2, -0.15) is 0 Å². The molecule has 2 nitrogen and oxygen atoms in total. The summed E-state index contributed by atoms with van der Waals surface area (Å²) >= 11 is 6.28. The Labute approximate surface area is 134 Å². The van der Waals surface area contributed by atoms with Crippen molar-refractivity contribution in [3.8, 4) is 0 Å². The average molecular weight is 309 g/mol. The Hall–Kier alpha value is -0.730. The summed E-state index contributed by atoms with van der Waals surface area (Å²) < 4.78 is 0. The number of hydrogen-bond acceptors (Lipinski definition) is 2. The van der Waals surface area contributed by atoms with Gasteiger partial charge in [-0.05, 0) is 49.8 Å². The van der Waals surface area contributed by atoms with Crippen LogP contribution in [0.3, 0.4) is 0 Å². The summed E-state index contributed by atoms with van der Waals surface area (Å²) in [6.07, 6.45) is 8.42. The van der Waals surface area contributed by atoms with Crippen LogP contribution >= 0.6 is 11.6 Å². The molecule has 0 bridgehead atoms. The van der Waals surface area contributed by atoms with Gasteiger partial charge in [-0.15, -0.1) is 0 Å². The zero-order valence-corrected chi connectivity index (χ0v) is 14.2. The molecule has 0 radical (unpaired) electrons. The van der Waals surface area contributed by atoms with Gasteiger partial charge in [0.25, 0.3) is 0 Å². The first-order valence-electron chi connectivity index (χ1n) is 8.46. The highest BCUT2D eigenvalue weighted by Crippen LogP contribution is 2.31. The van der Waals surface area contributed by atoms with Crippen molar-refractivity contribution in [3.05, 3.63) is 28.8 Å². The normalized spacial score (nSPS) is 21.1. The van der Waals surface area contributed by atoms with Gasteiger partial charge in [0.1, 0.15) is 0 Å². The Morgan fingerprint density at radius 2 is 2.10 bits per heavy atom. The van der Waals surface area contributed by atoms with Crippen molar-refractivity contribution in [1.29, 1.82) is 0 Å². The molecule has 1 heterocycles. The van der Waals surface area contributed by atoms with E-state index in [9.17, 15) is 0 Å². The van der Waals surface area contributed by atoms with Crippen LogP contribution in [0.2, 0.25) is 5.02 Å². The Morgan fingerprint density at radius 1 is 1.29 bits per heavy atom. The first-order valence-corrected chi connectivity index (χ1v) is 8.84. The van der Waals surface area contributed by atoms with Crippen molar-refractivity contribution < 1.29 is 0 Å². The second kappa shape index (κ2) is 8.05. The fourth-order valence-electron chi connectivity index (χ4n) is 3.32. The number of hydrogen-bond donors (Lipinski definition) is 1. The minimum atomic E-state index is 0.233. The molecular formula is C18H29ClN2. The molecule has 0 amide bonds. The highest BCUT2D eigenvalue weighted by atomic mass is 35.5. The standard InChI is InChI=1S/C18H29ClN2/c1-3-16(20)12-14-9-10-15(19)13-18(14)21-11-7-5-6-8-17(21)4-2/h9-10,13,16-17H,3-8,11-12,20H2,1-2H3. The summed E-state index contributed by atoms with van der Waals surface area (Å²) in [5.74, 6) is 0. The molecule has 2 N–H and O–H groups in total. The molecule has 1 fully saturated rings. The van der Waals surface area contributed by atoms with E-state index in [0.717, 1.165) is 24.4 Å². The third kappa shape index (κ3) is 4.37. The lowest BCUT2D eigenvalue weighted by Gasteiger charge is -2.33. The summed E-state index contributed by atoms with van der Waals surface area (Å²) in [6.45, 7) is 5.60. The molecule has 2 rings (SSSR count). The highest BCUT2D eigenvalue weighted by Gasteiger charge is 2.22. The van der Waals surface area contributed by atoms with Gasteiger partial charge in [0.05, 0.1) is 0 Å². The fraction of sp³-hybridized carbons (Fsp3) is 0.667. The first kappa shape index (κ1) is 16.6. The summed E-state index contributed by atoms with van der Waals surface area (Å²) in [6, 6.07) is 7.19. The number of rotatable bonds is 5. The van der Waals surface area contributed by atoms with Crippen molar-refractivity contribution in [2.75, 3.05) is 11.4 Å². The van der Waals surface area contributed by atoms with Gasteiger partial charge in [0.15, 0.2) is 0 Å². The molecule has 0 saturated carbocycles. The Kier molecular flexibility index (Phi) is 6.38. The minimum Gasteiger partial charge on any atom is -0.368 e. The highest BCUT2D eigenvalue weighted by molar-refractivity contribution is 6.30. The molecule has 1 aromatic rings. The van der Waals surface area contributed by atoms with Gasteiger partial charge in [-0.25, -0.2) is 0 Å². The zero-order valence-electron chi connectivity index (χ0n) is 13.4. The Balaban J connectivity index is 2.32. The lowest BCUT2D eigenvalue weighted by atomic mass is 10.00. The molecule has 21 heavy (non-hydrogen) atoms. The van der Waals surface area contributed by atoms with Gasteiger partial charge in [-0.3, -0.25) is 0 Å². The molecule has 0 aromatic heterocycles. The summed E-state index contributed by atoms with van der Waals surface area (Å²) in [5.41, 5.74) is 8.86. The molecule has 2 atom stereocenters. The number of nitrogens with two attached hydrogens (primary N) is 1. The van der Waals surface area contributed by atoms with Gasteiger partial charge in [-0.1, -0.05) is 44.4 Å². The minimum absolute atomic E-state index is 0.233. The van der Waals surface area contributed by atoms with E-state index in [-0.39, 0.29) is 6.04 Å². The van der Waals surface area contributed by atoms with E-state index in [2.05, 4.69) is 30.9 Å². The molecule has 0 spiro atoms. The number of halogens is 1. The number of nitrogens with zero attached hydrogens (tertiary/aromatic N) is 1. The van der Waals surface area contributed by atoms with Crippen LogP contribution in [0.5, 0.6) is 0 Å². The molecular weight excluding hydrogens is 280 g/mol. The third-order valence-electron chi connectivity index (χ3n) is 4.71. The molecule has 1 saturated heterocycles. The molecule has 3 heteroatoms. The maximum atomic E-state index is 6.28. The molecule has 1 aliphatic heterocycles. The summed E-state index contributed by atoms with van der Waals surface area (Å²) in [5, 5.41) is 0.831. The van der Waals surface area contributed by atoms with E-state index >= 15 is 0 Å². The van der Waals surface area contributed by atoms with Crippen LogP contribution in [0.4, 0.5) is 5.69 Å². The predicted octanol–water partition coefficient (Wildman–Crippen LogP) is 4.78. The first-order chi connectivity index (χ1) is 10.2. The predicted molar refractivity (Wildman–Crippen MR) is 93.3 cm³/mol. The van der Waals surface area contributed by atoms with Gasteiger partial charge in [0, 0.05) is 29.3 Å². The molecule has 118 valence electrons. The number of anilines is 1. The van der Waals surface area contributed by atoms with E-state index in [1.807, 2.05) is 6.07 Å². The topological polar surface area (TPSA) is 29.3 Å². The van der Waals surface area contributed by atoms with E-state index in [1.54, 1.807) is 0 Å². The SMILES string of the molecule is CCC(N)Cc1ccc(Cl)cc1N1CCCCCC1CC. The lowest BCUT2D eigenvalue weighted by Crippen LogP contribution is -2.35. The summed E-state index contributed by atoms with van der Waals surface area (Å²) in [7, 11) is 0.